The zero-order chi connectivity index (χ0) is 22.5. The third-order valence-electron chi connectivity index (χ3n) is 6.63. The molecule has 1 heterocycles. The molecule has 1 aromatic heterocycles. The molecule has 2 N–H and O–H groups in total. The molecule has 3 rings (SSSR count). The molecule has 5 nitrogen and oxygen atoms in total. The van der Waals surface area contributed by atoms with Gasteiger partial charge < -0.3 is 15.1 Å². The Morgan fingerprint density at radius 3 is 2.48 bits per heavy atom. The molecule has 0 spiro atoms. The summed E-state index contributed by atoms with van der Waals surface area (Å²) in [5.41, 5.74) is 1.77. The fraction of sp³-hybridized carbons (Fsp3) is 0.680. The quantitative estimate of drug-likeness (QED) is 0.504. The zero-order valence-corrected chi connectivity index (χ0v) is 19.9. The van der Waals surface area contributed by atoms with Gasteiger partial charge in [-0.05, 0) is 74.8 Å². The standard InChI is InChI=1S/C25H37NO4S/c1-16(2)5-4-6-23(28)26(19-11-13-20(27)14-12-19)21-15-22(31-24(21)25(29)30)18-9-7-17(3)8-10-18/h9,15-17,19-20,27H,4-8,10-14H2,1-3H3,(H,29,30). The van der Waals surface area contributed by atoms with Crippen molar-refractivity contribution < 1.29 is 19.8 Å². The largest absolute Gasteiger partial charge is 0.477 e. The normalized spacial score (nSPS) is 24.2. The van der Waals surface area contributed by atoms with Crippen LogP contribution in [0, 0.1) is 11.8 Å². The van der Waals surface area contributed by atoms with E-state index in [1.54, 1.807) is 4.90 Å². The summed E-state index contributed by atoms with van der Waals surface area (Å²) < 4.78 is 0. The number of allylic oxidation sites excluding steroid dienone is 2. The molecule has 0 aromatic carbocycles. The van der Waals surface area contributed by atoms with Gasteiger partial charge in [-0.25, -0.2) is 4.79 Å². The van der Waals surface area contributed by atoms with Crippen LogP contribution in [0.4, 0.5) is 5.69 Å². The highest BCUT2D eigenvalue weighted by molar-refractivity contribution is 7.15. The van der Waals surface area contributed by atoms with E-state index in [9.17, 15) is 19.8 Å². The van der Waals surface area contributed by atoms with Gasteiger partial charge in [0.2, 0.25) is 5.91 Å². The molecule has 0 radical (unpaired) electrons. The van der Waals surface area contributed by atoms with Crippen molar-refractivity contribution in [2.45, 2.75) is 97.1 Å². The molecule has 2 aliphatic carbocycles. The second-order valence-corrected chi connectivity index (χ2v) is 10.8. The van der Waals surface area contributed by atoms with Crippen LogP contribution in [0.3, 0.4) is 0 Å². The van der Waals surface area contributed by atoms with E-state index < -0.39 is 5.97 Å². The average Bonchev–Trinajstić information content (AvgIpc) is 3.15. The first-order chi connectivity index (χ1) is 14.8. The molecule has 1 saturated carbocycles. The van der Waals surface area contributed by atoms with Crippen molar-refractivity contribution in [2.75, 3.05) is 4.90 Å². The number of aliphatic hydroxyl groups is 1. The van der Waals surface area contributed by atoms with Crippen molar-refractivity contribution in [2.24, 2.45) is 11.8 Å². The molecule has 1 aromatic rings. The number of aromatic carboxylic acids is 1. The summed E-state index contributed by atoms with van der Waals surface area (Å²) >= 11 is 1.30. The predicted molar refractivity (Wildman–Crippen MR) is 127 cm³/mol. The number of rotatable bonds is 8. The van der Waals surface area contributed by atoms with Crippen LogP contribution >= 0.6 is 11.3 Å². The number of nitrogens with zero attached hydrogens (tertiary/aromatic N) is 1. The van der Waals surface area contributed by atoms with Gasteiger partial charge >= 0.3 is 5.97 Å². The van der Waals surface area contributed by atoms with E-state index in [0.29, 0.717) is 49.6 Å². The van der Waals surface area contributed by atoms with E-state index in [0.717, 1.165) is 37.0 Å². The minimum Gasteiger partial charge on any atom is -0.477 e. The van der Waals surface area contributed by atoms with E-state index in [4.69, 9.17) is 0 Å². The highest BCUT2D eigenvalue weighted by Crippen LogP contribution is 2.41. The lowest BCUT2D eigenvalue weighted by molar-refractivity contribution is -0.119. The number of amides is 1. The van der Waals surface area contributed by atoms with E-state index in [1.807, 2.05) is 6.07 Å². The monoisotopic (exact) mass is 447 g/mol. The Labute approximate surface area is 190 Å². The Bertz CT molecular complexity index is 804. The molecule has 6 heteroatoms. The van der Waals surface area contributed by atoms with Gasteiger partial charge in [0.25, 0.3) is 0 Å². The molecule has 31 heavy (non-hydrogen) atoms. The summed E-state index contributed by atoms with van der Waals surface area (Å²) in [5, 5.41) is 19.9. The molecule has 172 valence electrons. The lowest BCUT2D eigenvalue weighted by Crippen LogP contribution is -2.43. The number of thiophene rings is 1. The van der Waals surface area contributed by atoms with Gasteiger partial charge in [0.1, 0.15) is 4.88 Å². The van der Waals surface area contributed by atoms with Crippen LogP contribution in [0.25, 0.3) is 5.57 Å². The molecule has 1 fully saturated rings. The van der Waals surface area contributed by atoms with Gasteiger partial charge in [-0.1, -0.05) is 33.3 Å². The Balaban J connectivity index is 1.92. The smallest absolute Gasteiger partial charge is 0.348 e. The minimum atomic E-state index is -0.966. The first-order valence-corrected chi connectivity index (χ1v) is 12.6. The molecule has 2 aliphatic rings. The molecule has 0 saturated heterocycles. The zero-order valence-electron chi connectivity index (χ0n) is 19.1. The third-order valence-corrected chi connectivity index (χ3v) is 7.82. The first-order valence-electron chi connectivity index (χ1n) is 11.8. The van der Waals surface area contributed by atoms with Crippen molar-refractivity contribution in [3.63, 3.8) is 0 Å². The SMILES string of the molecule is CC(C)CCCC(=O)N(c1cc(C2=CCC(C)CC2)sc1C(=O)O)C1CCC(O)CC1. The van der Waals surface area contributed by atoms with Gasteiger partial charge in [0.05, 0.1) is 11.8 Å². The predicted octanol–water partition coefficient (Wildman–Crippen LogP) is 6.11. The second kappa shape index (κ2) is 10.8. The molecular weight excluding hydrogens is 410 g/mol. The van der Waals surface area contributed by atoms with Gasteiger partial charge in [-0.3, -0.25) is 4.79 Å². The Hall–Kier alpha value is -1.66. The molecular formula is C25H37NO4S. The summed E-state index contributed by atoms with van der Waals surface area (Å²) in [6.07, 6.45) is 9.96. The minimum absolute atomic E-state index is 0.0140. The van der Waals surface area contributed by atoms with Crippen molar-refractivity contribution in [1.82, 2.24) is 0 Å². The number of carboxylic acid groups (broad SMARTS) is 1. The lowest BCUT2D eigenvalue weighted by atomic mass is 9.90. The molecule has 0 bridgehead atoms. The van der Waals surface area contributed by atoms with Crippen LogP contribution in [0.5, 0.6) is 0 Å². The summed E-state index contributed by atoms with van der Waals surface area (Å²) in [4.78, 5) is 28.5. The Morgan fingerprint density at radius 1 is 1.19 bits per heavy atom. The number of anilines is 1. The van der Waals surface area contributed by atoms with Crippen LogP contribution in [-0.4, -0.2) is 34.2 Å². The first kappa shape index (κ1) is 24.0. The number of hydrogen-bond donors (Lipinski definition) is 2. The summed E-state index contributed by atoms with van der Waals surface area (Å²) in [5.74, 6) is 0.246. The van der Waals surface area contributed by atoms with Crippen LogP contribution in [0.1, 0.15) is 99.5 Å². The van der Waals surface area contributed by atoms with Crippen molar-refractivity contribution in [3.8, 4) is 0 Å². The van der Waals surface area contributed by atoms with Crippen LogP contribution < -0.4 is 4.90 Å². The number of aliphatic hydroxyl groups excluding tert-OH is 1. The van der Waals surface area contributed by atoms with Crippen LogP contribution in [0.15, 0.2) is 12.1 Å². The third kappa shape index (κ3) is 6.19. The fourth-order valence-electron chi connectivity index (χ4n) is 4.69. The average molecular weight is 448 g/mol. The van der Waals surface area contributed by atoms with E-state index in [2.05, 4.69) is 26.8 Å². The van der Waals surface area contributed by atoms with E-state index >= 15 is 0 Å². The maximum atomic E-state index is 13.4. The fourth-order valence-corrected chi connectivity index (χ4v) is 5.75. The van der Waals surface area contributed by atoms with E-state index in [-0.39, 0.29) is 22.9 Å². The summed E-state index contributed by atoms with van der Waals surface area (Å²) in [7, 11) is 0. The molecule has 1 unspecified atom stereocenters. The van der Waals surface area contributed by atoms with Gasteiger partial charge in [-0.15, -0.1) is 11.3 Å². The Kier molecular flexibility index (Phi) is 8.34. The van der Waals surface area contributed by atoms with Gasteiger partial charge in [0, 0.05) is 17.3 Å². The van der Waals surface area contributed by atoms with Crippen molar-refractivity contribution >= 4 is 34.5 Å². The number of carbonyl (C=O) groups is 2. The highest BCUT2D eigenvalue weighted by Gasteiger charge is 2.33. The van der Waals surface area contributed by atoms with E-state index in [1.165, 1.54) is 16.9 Å². The highest BCUT2D eigenvalue weighted by atomic mass is 32.1. The lowest BCUT2D eigenvalue weighted by Gasteiger charge is -2.36. The number of carbonyl (C=O) groups excluding carboxylic acids is 1. The van der Waals surface area contributed by atoms with Gasteiger partial charge in [0.15, 0.2) is 0 Å². The molecule has 1 amide bonds. The molecule has 1 atom stereocenters. The topological polar surface area (TPSA) is 77.8 Å². The Morgan fingerprint density at radius 2 is 1.90 bits per heavy atom. The molecule has 0 aliphatic heterocycles. The maximum absolute atomic E-state index is 13.4. The number of carboxylic acids is 1. The number of hydrogen-bond acceptors (Lipinski definition) is 4. The van der Waals surface area contributed by atoms with Crippen molar-refractivity contribution in [3.05, 3.63) is 21.9 Å². The van der Waals surface area contributed by atoms with Crippen LogP contribution in [-0.2, 0) is 4.79 Å². The summed E-state index contributed by atoms with van der Waals surface area (Å²) in [6, 6.07) is 1.90. The van der Waals surface area contributed by atoms with Crippen molar-refractivity contribution in [1.29, 1.82) is 0 Å². The van der Waals surface area contributed by atoms with Gasteiger partial charge in [-0.2, -0.15) is 0 Å². The maximum Gasteiger partial charge on any atom is 0.348 e. The second-order valence-electron chi connectivity index (χ2n) is 9.75. The van der Waals surface area contributed by atoms with Crippen LogP contribution in [0.2, 0.25) is 0 Å². The summed E-state index contributed by atoms with van der Waals surface area (Å²) in [6.45, 7) is 6.54.